The molecule has 2 aromatic rings. The molecule has 0 saturated heterocycles. The van der Waals surface area contributed by atoms with Crippen molar-refractivity contribution in [3.63, 3.8) is 0 Å². The molecule has 0 amide bonds. The third-order valence-corrected chi connectivity index (χ3v) is 3.09. The van der Waals surface area contributed by atoms with E-state index in [0.29, 0.717) is 24.0 Å². The molecule has 0 saturated carbocycles. The normalized spacial score (nSPS) is 13.3. The molecule has 6 heteroatoms. The number of fused-ring (bicyclic) bond motifs is 1. The highest BCUT2D eigenvalue weighted by Crippen LogP contribution is 2.42. The van der Waals surface area contributed by atoms with Crippen molar-refractivity contribution in [3.8, 4) is 17.2 Å². The van der Waals surface area contributed by atoms with Gasteiger partial charge in [-0.15, -0.1) is 0 Å². The van der Waals surface area contributed by atoms with Crippen molar-refractivity contribution in [3.05, 3.63) is 47.5 Å². The molecule has 1 aliphatic heterocycles. The molecular weight excluding hydrogens is 283 g/mol. The van der Waals surface area contributed by atoms with Gasteiger partial charge in [0.25, 0.3) is 0 Å². The number of nitrogens with one attached hydrogen (secondary N) is 1. The topological polar surface area (TPSA) is 30.5 Å². The Hall–Kier alpha value is -2.37. The highest BCUT2D eigenvalue weighted by atomic mass is 19.4. The monoisotopic (exact) mass is 295 g/mol. The van der Waals surface area contributed by atoms with Crippen molar-refractivity contribution < 1.29 is 22.6 Å². The number of benzene rings is 2. The van der Waals surface area contributed by atoms with Crippen LogP contribution >= 0.6 is 0 Å². The lowest BCUT2D eigenvalue weighted by molar-refractivity contribution is -0.137. The molecule has 21 heavy (non-hydrogen) atoms. The van der Waals surface area contributed by atoms with E-state index in [2.05, 4.69) is 5.32 Å². The van der Waals surface area contributed by atoms with Gasteiger partial charge in [-0.1, -0.05) is 0 Å². The maximum Gasteiger partial charge on any atom is 0.416 e. The van der Waals surface area contributed by atoms with Crippen molar-refractivity contribution >= 4 is 5.69 Å². The van der Waals surface area contributed by atoms with Crippen molar-refractivity contribution in [1.29, 1.82) is 0 Å². The highest BCUT2D eigenvalue weighted by Gasteiger charge is 2.30. The van der Waals surface area contributed by atoms with Crippen LogP contribution in [0.25, 0.3) is 0 Å². The van der Waals surface area contributed by atoms with Crippen LogP contribution in [0.4, 0.5) is 18.9 Å². The number of aryl methyl sites for hydroxylation is 1. The smallest absolute Gasteiger partial charge is 0.416 e. The van der Waals surface area contributed by atoms with Gasteiger partial charge in [-0.05, 0) is 48.9 Å². The Morgan fingerprint density at radius 1 is 1.14 bits per heavy atom. The van der Waals surface area contributed by atoms with Crippen molar-refractivity contribution in [2.45, 2.75) is 13.1 Å². The quantitative estimate of drug-likeness (QED) is 0.880. The van der Waals surface area contributed by atoms with Crippen LogP contribution in [0.15, 0.2) is 36.4 Å². The summed E-state index contributed by atoms with van der Waals surface area (Å²) in [5.41, 5.74) is 1.08. The first-order valence-electron chi connectivity index (χ1n) is 6.30. The van der Waals surface area contributed by atoms with E-state index in [0.717, 1.165) is 23.4 Å². The van der Waals surface area contributed by atoms with Crippen molar-refractivity contribution in [1.82, 2.24) is 0 Å². The minimum atomic E-state index is -4.35. The zero-order valence-electron chi connectivity index (χ0n) is 11.1. The fraction of sp³-hybridized carbons (Fsp3) is 0.200. The first-order valence-corrected chi connectivity index (χ1v) is 6.30. The van der Waals surface area contributed by atoms with Crippen molar-refractivity contribution in [2.24, 2.45) is 0 Å². The van der Waals surface area contributed by atoms with Crippen LogP contribution in [0.2, 0.25) is 0 Å². The van der Waals surface area contributed by atoms with E-state index in [1.54, 1.807) is 6.07 Å². The lowest BCUT2D eigenvalue weighted by Gasteiger charge is -2.11. The number of anilines is 1. The van der Waals surface area contributed by atoms with E-state index >= 15 is 0 Å². The Kier molecular flexibility index (Phi) is 3.16. The van der Waals surface area contributed by atoms with Gasteiger partial charge in [0.2, 0.25) is 0 Å². The second-order valence-corrected chi connectivity index (χ2v) is 4.73. The SMILES string of the molecule is Cc1cc2c(c(Oc3ccc(C(F)(F)F)cc3)c1)OCN2. The van der Waals surface area contributed by atoms with Crippen LogP contribution < -0.4 is 14.8 Å². The summed E-state index contributed by atoms with van der Waals surface area (Å²) < 4.78 is 48.6. The summed E-state index contributed by atoms with van der Waals surface area (Å²) in [6.45, 7) is 2.25. The van der Waals surface area contributed by atoms with Gasteiger partial charge in [-0.2, -0.15) is 13.2 Å². The molecule has 3 rings (SSSR count). The summed E-state index contributed by atoms with van der Waals surface area (Å²) in [5.74, 6) is 1.38. The zero-order valence-corrected chi connectivity index (χ0v) is 11.1. The molecular formula is C15H12F3NO2. The molecule has 1 N–H and O–H groups in total. The van der Waals surface area contributed by atoms with E-state index in [1.165, 1.54) is 12.1 Å². The Balaban J connectivity index is 1.88. The summed E-state index contributed by atoms with van der Waals surface area (Å²) in [6, 6.07) is 8.26. The Labute approximate surface area is 119 Å². The number of halogens is 3. The first kappa shape index (κ1) is 13.6. The van der Waals surface area contributed by atoms with Crippen molar-refractivity contribution in [2.75, 3.05) is 12.0 Å². The summed E-state index contributed by atoms with van der Waals surface area (Å²) in [6.07, 6.45) is -4.35. The molecule has 2 aromatic carbocycles. The van der Waals surface area contributed by atoms with Crippen LogP contribution in [-0.2, 0) is 6.18 Å². The average molecular weight is 295 g/mol. The molecule has 0 radical (unpaired) electrons. The van der Waals surface area contributed by atoms with Gasteiger partial charge < -0.3 is 14.8 Å². The number of hydrogen-bond donors (Lipinski definition) is 1. The van der Waals surface area contributed by atoms with Gasteiger partial charge >= 0.3 is 6.18 Å². The molecule has 0 atom stereocenters. The molecule has 0 unspecified atom stereocenters. The van der Waals surface area contributed by atoms with Gasteiger partial charge in [0.1, 0.15) is 5.75 Å². The molecule has 1 aliphatic rings. The molecule has 3 nitrogen and oxygen atoms in total. The molecule has 0 fully saturated rings. The second kappa shape index (κ2) is 4.87. The lowest BCUT2D eigenvalue weighted by atomic mass is 10.2. The maximum absolute atomic E-state index is 12.5. The average Bonchev–Trinajstić information content (AvgIpc) is 2.86. The van der Waals surface area contributed by atoms with Crippen LogP contribution in [-0.4, -0.2) is 6.73 Å². The van der Waals surface area contributed by atoms with E-state index in [1.807, 2.05) is 13.0 Å². The number of hydrogen-bond acceptors (Lipinski definition) is 3. The standard InChI is InChI=1S/C15H12F3NO2/c1-9-6-12-14(20-8-19-12)13(7-9)21-11-4-2-10(3-5-11)15(16,17)18/h2-7,19H,8H2,1H3. The molecule has 0 bridgehead atoms. The largest absolute Gasteiger partial charge is 0.467 e. The lowest BCUT2D eigenvalue weighted by Crippen LogP contribution is -2.04. The maximum atomic E-state index is 12.5. The number of ether oxygens (including phenoxy) is 2. The van der Waals surface area contributed by atoms with Gasteiger partial charge in [0, 0.05) is 0 Å². The Morgan fingerprint density at radius 3 is 2.52 bits per heavy atom. The van der Waals surface area contributed by atoms with E-state index in [-0.39, 0.29) is 0 Å². The fourth-order valence-electron chi connectivity index (χ4n) is 2.12. The minimum absolute atomic E-state index is 0.325. The van der Waals surface area contributed by atoms with E-state index < -0.39 is 11.7 Å². The highest BCUT2D eigenvalue weighted by molar-refractivity contribution is 5.67. The number of rotatable bonds is 2. The fourth-order valence-corrected chi connectivity index (χ4v) is 2.12. The van der Waals surface area contributed by atoms with Gasteiger partial charge in [-0.3, -0.25) is 0 Å². The predicted octanol–water partition coefficient (Wildman–Crippen LogP) is 4.57. The second-order valence-electron chi connectivity index (χ2n) is 4.73. The van der Waals surface area contributed by atoms with Crippen LogP contribution in [0, 0.1) is 6.92 Å². The molecule has 0 spiro atoms. The molecule has 0 aliphatic carbocycles. The molecule has 110 valence electrons. The third-order valence-electron chi connectivity index (χ3n) is 3.09. The molecule has 0 aromatic heterocycles. The summed E-state index contributed by atoms with van der Waals surface area (Å²) in [7, 11) is 0. The van der Waals surface area contributed by atoms with Gasteiger partial charge in [-0.25, -0.2) is 0 Å². The van der Waals surface area contributed by atoms with Crippen LogP contribution in [0.5, 0.6) is 17.2 Å². The Bertz CT molecular complexity index is 666. The predicted molar refractivity (Wildman–Crippen MR) is 71.8 cm³/mol. The van der Waals surface area contributed by atoms with Gasteiger partial charge in [0.15, 0.2) is 18.2 Å². The first-order chi connectivity index (χ1) is 9.93. The third kappa shape index (κ3) is 2.74. The van der Waals surface area contributed by atoms with Crippen LogP contribution in [0.3, 0.4) is 0 Å². The zero-order chi connectivity index (χ0) is 15.0. The summed E-state index contributed by atoms with van der Waals surface area (Å²) in [5, 5.41) is 3.05. The van der Waals surface area contributed by atoms with E-state index in [4.69, 9.17) is 9.47 Å². The molecule has 1 heterocycles. The van der Waals surface area contributed by atoms with Gasteiger partial charge in [0.05, 0.1) is 11.3 Å². The van der Waals surface area contributed by atoms with E-state index in [9.17, 15) is 13.2 Å². The Morgan fingerprint density at radius 2 is 1.86 bits per heavy atom. The number of alkyl halides is 3. The minimum Gasteiger partial charge on any atom is -0.467 e. The van der Waals surface area contributed by atoms with Crippen LogP contribution in [0.1, 0.15) is 11.1 Å². The summed E-state index contributed by atoms with van der Waals surface area (Å²) in [4.78, 5) is 0. The summed E-state index contributed by atoms with van der Waals surface area (Å²) >= 11 is 0.